The topological polar surface area (TPSA) is 37.3 Å². The first-order valence-electron chi connectivity index (χ1n) is 0.781. The van der Waals surface area contributed by atoms with E-state index in [0.29, 0.717) is 0 Å². The van der Waals surface area contributed by atoms with Gasteiger partial charge < -0.3 is 5.11 Å². The Kier molecular flexibility index (Phi) is 51.2. The summed E-state index contributed by atoms with van der Waals surface area (Å²) in [4.78, 5) is 8.89. The summed E-state index contributed by atoms with van der Waals surface area (Å²) >= 11 is 0. The number of hydrogen-bond acceptors (Lipinski definition) is 1. The summed E-state index contributed by atoms with van der Waals surface area (Å²) in [5.41, 5.74) is 0. The van der Waals surface area contributed by atoms with Crippen LogP contribution in [-0.4, -0.2) is 102 Å². The molecular formula is C2H8CaNaO2Sn. The molecule has 0 amide bonds. The van der Waals surface area contributed by atoms with Crippen LogP contribution >= 0.6 is 0 Å². The van der Waals surface area contributed by atoms with Gasteiger partial charge in [-0.15, -0.1) is 0 Å². The Hall–Kier alpha value is 2.53. The summed E-state index contributed by atoms with van der Waals surface area (Å²) in [5, 5.41) is 7.31. The van der Waals surface area contributed by atoms with Gasteiger partial charge in [-0.2, -0.15) is 0 Å². The zero-order valence-corrected chi connectivity index (χ0v) is 6.81. The van der Waals surface area contributed by atoms with E-state index in [-0.39, 0.29) is 91.2 Å². The summed E-state index contributed by atoms with van der Waals surface area (Å²) < 4.78 is 0. The molecule has 0 rings (SSSR count). The zero-order valence-electron chi connectivity index (χ0n) is 2.77. The molecule has 0 aliphatic carbocycles. The fraction of sp³-hybridized carbons (Fsp3) is 0. The molecule has 5 heteroatoms. The molecule has 1 N–H and O–H groups in total. The molecule has 0 saturated carbocycles. The SMILES string of the molecule is [CH2]C(=O)O.[CaH2].[NaH].[SnH2]. The van der Waals surface area contributed by atoms with Crippen molar-refractivity contribution >= 4 is 97.2 Å². The summed E-state index contributed by atoms with van der Waals surface area (Å²) in [6, 6.07) is 0. The van der Waals surface area contributed by atoms with Crippen LogP contribution in [0, 0.1) is 6.92 Å². The van der Waals surface area contributed by atoms with Crippen LogP contribution < -0.4 is 0 Å². The van der Waals surface area contributed by atoms with Crippen molar-refractivity contribution in [1.29, 1.82) is 0 Å². The van der Waals surface area contributed by atoms with E-state index < -0.39 is 5.97 Å². The van der Waals surface area contributed by atoms with Crippen molar-refractivity contribution in [2.45, 2.75) is 0 Å². The minimum atomic E-state index is -1.08. The Balaban J connectivity index is -0.0000000150. The van der Waals surface area contributed by atoms with E-state index in [1.165, 1.54) is 0 Å². The number of carboxylic acids is 1. The molecule has 7 heavy (non-hydrogen) atoms. The van der Waals surface area contributed by atoms with Gasteiger partial charge in [0, 0.05) is 0 Å². The maximum atomic E-state index is 8.89. The van der Waals surface area contributed by atoms with E-state index in [0.717, 1.165) is 0 Å². The molecule has 0 heterocycles. The molecule has 0 aromatic carbocycles. The van der Waals surface area contributed by atoms with Crippen LogP contribution in [0.3, 0.4) is 0 Å². The number of rotatable bonds is 0. The Bertz CT molecular complexity index is 38.7. The molecule has 0 fully saturated rings. The second kappa shape index (κ2) is 15.8. The first-order valence-corrected chi connectivity index (χ1v) is 0.781. The summed E-state index contributed by atoms with van der Waals surface area (Å²) in [6.45, 7) is 2.56. The molecule has 35 valence electrons. The number of carbonyl (C=O) groups is 1. The van der Waals surface area contributed by atoms with Gasteiger partial charge in [-0.25, -0.2) is 0 Å². The average molecular weight is 246 g/mol. The van der Waals surface area contributed by atoms with E-state index in [1.54, 1.807) is 0 Å². The molecule has 2 nitrogen and oxygen atoms in total. The molecule has 0 aromatic heterocycles. The van der Waals surface area contributed by atoms with Crippen molar-refractivity contribution < 1.29 is 9.90 Å². The van der Waals surface area contributed by atoms with Crippen LogP contribution in [-0.2, 0) is 4.79 Å². The van der Waals surface area contributed by atoms with E-state index >= 15 is 0 Å². The van der Waals surface area contributed by atoms with Crippen molar-refractivity contribution in [2.75, 3.05) is 0 Å². The molecule has 0 spiro atoms. The van der Waals surface area contributed by atoms with Gasteiger partial charge in [0.15, 0.2) is 0 Å². The average Bonchev–Trinajstić information content (AvgIpc) is 0.811. The van der Waals surface area contributed by atoms with E-state index in [2.05, 4.69) is 6.92 Å². The van der Waals surface area contributed by atoms with Crippen molar-refractivity contribution in [2.24, 2.45) is 0 Å². The number of aliphatic carboxylic acids is 1. The standard InChI is InChI=1S/C2H3O2.Ca.Na.Sn.5H/c1-2(3)4;;;;;;;;/h1H2,(H,3,4);;;;;;;;. The Morgan fingerprint density at radius 1 is 1.57 bits per heavy atom. The first-order chi connectivity index (χ1) is 1.73. The van der Waals surface area contributed by atoms with E-state index in [9.17, 15) is 0 Å². The predicted molar refractivity (Wildman–Crippen MR) is 37.2 cm³/mol. The van der Waals surface area contributed by atoms with Gasteiger partial charge in [0.1, 0.15) is 0 Å². The molecule has 0 unspecified atom stereocenters. The number of carboxylic acid groups (broad SMARTS) is 1. The van der Waals surface area contributed by atoms with Gasteiger partial charge in [-0.05, 0) is 0 Å². The molecular weight excluding hydrogens is 238 g/mol. The third-order valence-electron chi connectivity index (χ3n) is 0. The fourth-order valence-electron chi connectivity index (χ4n) is 0. The Morgan fingerprint density at radius 2 is 1.57 bits per heavy atom. The minimum absolute atomic E-state index is 0. The van der Waals surface area contributed by atoms with Gasteiger partial charge in [0.05, 0.1) is 6.92 Å². The van der Waals surface area contributed by atoms with Crippen molar-refractivity contribution in [3.05, 3.63) is 6.92 Å². The monoisotopic (exact) mass is 247 g/mol. The van der Waals surface area contributed by atoms with Crippen molar-refractivity contribution in [1.82, 2.24) is 0 Å². The van der Waals surface area contributed by atoms with Crippen LogP contribution in [0.5, 0.6) is 0 Å². The van der Waals surface area contributed by atoms with Crippen LogP contribution in [0.4, 0.5) is 0 Å². The van der Waals surface area contributed by atoms with Gasteiger partial charge in [-0.3, -0.25) is 4.79 Å². The van der Waals surface area contributed by atoms with Gasteiger partial charge in [0.2, 0.25) is 0 Å². The quantitative estimate of drug-likeness (QED) is 0.477. The second-order valence-corrected chi connectivity index (χ2v) is 0.394. The first kappa shape index (κ1) is 22.7. The Labute approximate surface area is 112 Å². The van der Waals surface area contributed by atoms with Gasteiger partial charge in [-0.1, -0.05) is 0 Å². The van der Waals surface area contributed by atoms with E-state index in [1.807, 2.05) is 0 Å². The summed E-state index contributed by atoms with van der Waals surface area (Å²) in [6.07, 6.45) is 0. The molecule has 0 saturated heterocycles. The summed E-state index contributed by atoms with van der Waals surface area (Å²) in [5.74, 6) is -1.08. The van der Waals surface area contributed by atoms with E-state index in [4.69, 9.17) is 9.90 Å². The zero-order chi connectivity index (χ0) is 3.58. The third kappa shape index (κ3) is 56.9. The molecule has 3 radical (unpaired) electrons. The third-order valence-corrected chi connectivity index (χ3v) is 0. The van der Waals surface area contributed by atoms with Crippen molar-refractivity contribution in [3.8, 4) is 0 Å². The maximum absolute atomic E-state index is 8.89. The van der Waals surface area contributed by atoms with Crippen LogP contribution in [0.25, 0.3) is 0 Å². The van der Waals surface area contributed by atoms with Gasteiger partial charge >= 0.3 is 97.2 Å². The molecule has 0 atom stereocenters. The fourth-order valence-corrected chi connectivity index (χ4v) is 0. The van der Waals surface area contributed by atoms with Crippen molar-refractivity contribution in [3.63, 3.8) is 0 Å². The van der Waals surface area contributed by atoms with Crippen LogP contribution in [0.1, 0.15) is 0 Å². The normalized spacial score (nSPS) is 3.57. The van der Waals surface area contributed by atoms with Crippen LogP contribution in [0.15, 0.2) is 0 Å². The molecule has 0 aliphatic rings. The Morgan fingerprint density at radius 3 is 1.57 bits per heavy atom. The molecule has 0 aliphatic heterocycles. The number of hydrogen-bond donors (Lipinski definition) is 1. The van der Waals surface area contributed by atoms with Crippen LogP contribution in [0.2, 0.25) is 0 Å². The predicted octanol–water partition coefficient (Wildman–Crippen LogP) is -2.58. The second-order valence-electron chi connectivity index (χ2n) is 0.394. The van der Waals surface area contributed by atoms with Gasteiger partial charge in [0.25, 0.3) is 0 Å². The summed E-state index contributed by atoms with van der Waals surface area (Å²) in [7, 11) is 0. The molecule has 0 aromatic rings. The molecule has 0 bridgehead atoms.